The first-order valence-electron chi connectivity index (χ1n) is 7.55. The third-order valence-electron chi connectivity index (χ3n) is 3.40. The Balaban J connectivity index is 1.67. The smallest absolute Gasteiger partial charge is 0.417 e. The number of pyridine rings is 1. The maximum atomic E-state index is 13.0. The normalized spacial score (nSPS) is 13.1. The first-order valence-corrected chi connectivity index (χ1v) is 9.70. The summed E-state index contributed by atoms with van der Waals surface area (Å²) in [7, 11) is 0. The van der Waals surface area contributed by atoms with Crippen LogP contribution in [0, 0.1) is 0 Å². The number of nitrogens with zero attached hydrogens (tertiary/aromatic N) is 3. The van der Waals surface area contributed by atoms with Gasteiger partial charge in [0.05, 0.1) is 16.7 Å². The molecule has 0 spiro atoms. The number of ether oxygens (including phenoxy) is 1. The molecule has 2 heterocycles. The standard InChI is InChI=1S/C16H12BrClF3N3O2S/c17-10-2-1-3-12(5-10)26-7-11(25)8-27-15-23-22-14-13(18)4-9(6-24(14)15)16(19,20)21/h1-6,11,25H,7-8H2. The van der Waals surface area contributed by atoms with Crippen molar-refractivity contribution in [3.8, 4) is 5.75 Å². The van der Waals surface area contributed by atoms with E-state index in [9.17, 15) is 18.3 Å². The second-order valence-corrected chi connectivity index (χ2v) is 7.79. The number of benzene rings is 1. The molecular weight excluding hydrogens is 471 g/mol. The lowest BCUT2D eigenvalue weighted by molar-refractivity contribution is -0.137. The molecule has 0 bridgehead atoms. The number of aliphatic hydroxyl groups is 1. The van der Waals surface area contributed by atoms with Crippen molar-refractivity contribution in [2.75, 3.05) is 12.4 Å². The molecular formula is C16H12BrClF3N3O2S. The summed E-state index contributed by atoms with van der Waals surface area (Å²) in [6.45, 7) is 0.0226. The van der Waals surface area contributed by atoms with Crippen LogP contribution in [0.3, 0.4) is 0 Å². The van der Waals surface area contributed by atoms with E-state index in [1.54, 1.807) is 18.2 Å². The molecule has 3 aromatic rings. The molecule has 144 valence electrons. The number of aliphatic hydroxyl groups excluding tert-OH is 1. The highest BCUT2D eigenvalue weighted by Crippen LogP contribution is 2.33. The zero-order valence-electron chi connectivity index (χ0n) is 13.5. The number of fused-ring (bicyclic) bond motifs is 1. The molecule has 1 aromatic carbocycles. The van der Waals surface area contributed by atoms with Gasteiger partial charge in [0.15, 0.2) is 10.8 Å². The van der Waals surface area contributed by atoms with E-state index in [1.165, 1.54) is 0 Å². The van der Waals surface area contributed by atoms with Crippen molar-refractivity contribution < 1.29 is 23.0 Å². The highest BCUT2D eigenvalue weighted by molar-refractivity contribution is 9.10. The van der Waals surface area contributed by atoms with Crippen LogP contribution in [-0.4, -0.2) is 38.2 Å². The minimum atomic E-state index is -4.54. The van der Waals surface area contributed by atoms with E-state index in [-0.39, 0.29) is 28.2 Å². The van der Waals surface area contributed by atoms with Crippen LogP contribution in [0.25, 0.3) is 5.65 Å². The predicted molar refractivity (Wildman–Crippen MR) is 99.4 cm³/mol. The Morgan fingerprint density at radius 2 is 2.07 bits per heavy atom. The molecule has 0 fully saturated rings. The van der Waals surface area contributed by atoms with E-state index in [0.29, 0.717) is 5.75 Å². The molecule has 0 aliphatic heterocycles. The summed E-state index contributed by atoms with van der Waals surface area (Å²) in [6, 6.07) is 7.95. The Bertz CT molecular complexity index is 954. The second kappa shape index (κ2) is 8.26. The van der Waals surface area contributed by atoms with Crippen LogP contribution in [0.5, 0.6) is 5.75 Å². The summed E-state index contributed by atoms with van der Waals surface area (Å²) >= 11 is 10.2. The van der Waals surface area contributed by atoms with Gasteiger partial charge in [-0.25, -0.2) is 0 Å². The fourth-order valence-corrected chi connectivity index (χ4v) is 3.59. The van der Waals surface area contributed by atoms with E-state index in [4.69, 9.17) is 16.3 Å². The topological polar surface area (TPSA) is 59.7 Å². The Labute approximate surface area is 169 Å². The van der Waals surface area contributed by atoms with E-state index < -0.39 is 17.8 Å². The van der Waals surface area contributed by atoms with Crippen LogP contribution >= 0.6 is 39.3 Å². The molecule has 0 saturated carbocycles. The number of rotatable bonds is 6. The van der Waals surface area contributed by atoms with Gasteiger partial charge in [-0.2, -0.15) is 13.2 Å². The van der Waals surface area contributed by atoms with Gasteiger partial charge in [0.1, 0.15) is 12.4 Å². The molecule has 27 heavy (non-hydrogen) atoms. The second-order valence-electron chi connectivity index (χ2n) is 5.48. The minimum Gasteiger partial charge on any atom is -0.491 e. The molecule has 0 radical (unpaired) electrons. The average molecular weight is 483 g/mol. The lowest BCUT2D eigenvalue weighted by Crippen LogP contribution is -2.20. The Morgan fingerprint density at radius 3 is 2.78 bits per heavy atom. The van der Waals surface area contributed by atoms with Gasteiger partial charge in [-0.15, -0.1) is 10.2 Å². The van der Waals surface area contributed by atoms with Crippen molar-refractivity contribution in [3.05, 3.63) is 51.6 Å². The van der Waals surface area contributed by atoms with Gasteiger partial charge >= 0.3 is 6.18 Å². The van der Waals surface area contributed by atoms with Crippen molar-refractivity contribution in [1.82, 2.24) is 14.6 Å². The fourth-order valence-electron chi connectivity index (χ4n) is 2.16. The number of thioether (sulfide) groups is 1. The van der Waals surface area contributed by atoms with Crippen LogP contribution in [0.1, 0.15) is 5.56 Å². The Hall–Kier alpha value is -1.49. The van der Waals surface area contributed by atoms with E-state index >= 15 is 0 Å². The van der Waals surface area contributed by atoms with Crippen molar-refractivity contribution in [3.63, 3.8) is 0 Å². The summed E-state index contributed by atoms with van der Waals surface area (Å²) in [5.74, 6) is 0.741. The summed E-state index contributed by atoms with van der Waals surface area (Å²) in [5, 5.41) is 17.8. The lowest BCUT2D eigenvalue weighted by atomic mass is 10.3. The summed E-state index contributed by atoms with van der Waals surface area (Å²) in [4.78, 5) is 0. The summed E-state index contributed by atoms with van der Waals surface area (Å²) < 4.78 is 46.4. The van der Waals surface area contributed by atoms with Gasteiger partial charge in [-0.1, -0.05) is 45.4 Å². The van der Waals surface area contributed by atoms with Crippen LogP contribution in [0.2, 0.25) is 5.02 Å². The first kappa shape index (κ1) is 20.2. The first-order chi connectivity index (χ1) is 12.7. The highest BCUT2D eigenvalue weighted by Gasteiger charge is 2.32. The van der Waals surface area contributed by atoms with Crippen molar-refractivity contribution in [1.29, 1.82) is 0 Å². The molecule has 0 amide bonds. The van der Waals surface area contributed by atoms with Gasteiger partial charge in [-0.05, 0) is 24.3 Å². The summed E-state index contributed by atoms with van der Waals surface area (Å²) in [5.41, 5.74) is -0.785. The molecule has 5 nitrogen and oxygen atoms in total. The predicted octanol–water partition coefficient (Wildman–Crippen LogP) is 4.70. The molecule has 0 aliphatic carbocycles. The molecule has 1 N–H and O–H groups in total. The lowest BCUT2D eigenvalue weighted by Gasteiger charge is -2.12. The maximum absolute atomic E-state index is 13.0. The van der Waals surface area contributed by atoms with Crippen LogP contribution in [0.4, 0.5) is 13.2 Å². The summed E-state index contributed by atoms with van der Waals surface area (Å²) in [6.07, 6.45) is -4.52. The molecule has 1 atom stereocenters. The van der Waals surface area contributed by atoms with E-state index in [0.717, 1.165) is 32.9 Å². The number of alkyl halides is 3. The number of aromatic nitrogens is 3. The van der Waals surface area contributed by atoms with Gasteiger partial charge in [0, 0.05) is 16.4 Å². The highest BCUT2D eigenvalue weighted by atomic mass is 79.9. The SMILES string of the molecule is OC(COc1cccc(Br)c1)CSc1nnc2c(Cl)cc(C(F)(F)F)cn12. The third-order valence-corrected chi connectivity index (χ3v) is 5.26. The van der Waals surface area contributed by atoms with Crippen LogP contribution in [-0.2, 0) is 6.18 Å². The molecule has 1 unspecified atom stereocenters. The van der Waals surface area contributed by atoms with Crippen LogP contribution in [0.15, 0.2) is 46.2 Å². The number of hydrogen-bond acceptors (Lipinski definition) is 5. The van der Waals surface area contributed by atoms with Gasteiger partial charge in [-0.3, -0.25) is 4.40 Å². The molecule has 3 rings (SSSR count). The monoisotopic (exact) mass is 481 g/mol. The van der Waals surface area contributed by atoms with Gasteiger partial charge in [0.2, 0.25) is 0 Å². The average Bonchev–Trinajstić information content (AvgIpc) is 3.01. The van der Waals surface area contributed by atoms with Crippen molar-refractivity contribution in [2.45, 2.75) is 17.4 Å². The zero-order chi connectivity index (χ0) is 19.6. The quantitative estimate of drug-likeness (QED) is 0.516. The van der Waals surface area contributed by atoms with Crippen molar-refractivity contribution in [2.24, 2.45) is 0 Å². The largest absolute Gasteiger partial charge is 0.491 e. The molecule has 0 aliphatic rings. The Morgan fingerprint density at radius 1 is 1.30 bits per heavy atom. The molecule has 2 aromatic heterocycles. The van der Waals surface area contributed by atoms with Gasteiger partial charge < -0.3 is 9.84 Å². The zero-order valence-corrected chi connectivity index (χ0v) is 16.6. The maximum Gasteiger partial charge on any atom is 0.417 e. The van der Waals surface area contributed by atoms with Crippen LogP contribution < -0.4 is 4.74 Å². The van der Waals surface area contributed by atoms with Gasteiger partial charge in [0.25, 0.3) is 0 Å². The third kappa shape index (κ3) is 5.07. The number of halogens is 5. The molecule has 0 saturated heterocycles. The molecule has 11 heteroatoms. The van der Waals surface area contributed by atoms with E-state index in [1.807, 2.05) is 6.07 Å². The fraction of sp³-hybridized carbons (Fsp3) is 0.250. The number of hydrogen-bond donors (Lipinski definition) is 1. The van der Waals surface area contributed by atoms with Crippen molar-refractivity contribution >= 4 is 44.9 Å². The minimum absolute atomic E-state index is 0.0226. The Kier molecular flexibility index (Phi) is 6.19. The van der Waals surface area contributed by atoms with E-state index in [2.05, 4.69) is 26.1 Å².